The summed E-state index contributed by atoms with van der Waals surface area (Å²) >= 11 is 0. The maximum Gasteiger partial charge on any atom is 0.272 e. The Morgan fingerprint density at radius 1 is 0.871 bits per heavy atom. The highest BCUT2D eigenvalue weighted by Crippen LogP contribution is 2.15. The fraction of sp³-hybridized carbons (Fsp3) is 0.0435. The lowest BCUT2D eigenvalue weighted by Crippen LogP contribution is -2.30. The van der Waals surface area contributed by atoms with E-state index in [1.165, 1.54) is 24.3 Å². The molecule has 0 atom stereocenters. The number of anilines is 1. The first-order valence-corrected chi connectivity index (χ1v) is 10.9. The lowest BCUT2D eigenvalue weighted by Gasteiger charge is -2.12. The third-order valence-corrected chi connectivity index (χ3v) is 5.29. The zero-order valence-electron chi connectivity index (χ0n) is 16.7. The average molecular weight is 436 g/mol. The molecule has 0 saturated heterocycles. The van der Waals surface area contributed by atoms with E-state index < -0.39 is 21.8 Å². The number of nitrogens with two attached hydrogens (primary N) is 1. The molecule has 31 heavy (non-hydrogen) atoms. The summed E-state index contributed by atoms with van der Waals surface area (Å²) < 4.78 is 22.8. The Morgan fingerprint density at radius 2 is 1.48 bits per heavy atom. The minimum atomic E-state index is -3.84. The zero-order chi connectivity index (χ0) is 22.4. The van der Waals surface area contributed by atoms with Crippen molar-refractivity contribution in [2.45, 2.75) is 11.8 Å². The number of aryl methyl sites for hydroxylation is 1. The van der Waals surface area contributed by atoms with Gasteiger partial charge in [-0.05, 0) is 55.0 Å². The predicted octanol–water partition coefficient (Wildman–Crippen LogP) is 3.05. The van der Waals surface area contributed by atoms with Crippen LogP contribution in [0.4, 0.5) is 5.69 Å². The number of carbonyl (C=O) groups excluding carboxylic acids is 2. The molecule has 0 saturated carbocycles. The first-order valence-electron chi connectivity index (χ1n) is 9.31. The highest BCUT2D eigenvalue weighted by molar-refractivity contribution is 7.89. The number of nitrogens with one attached hydrogen (secondary N) is 2. The number of rotatable bonds is 6. The Hall–Kier alpha value is -3.75. The summed E-state index contributed by atoms with van der Waals surface area (Å²) in [5.41, 5.74) is 2.53. The van der Waals surface area contributed by atoms with E-state index >= 15 is 0 Å². The minimum absolute atomic E-state index is 0.0345. The zero-order valence-corrected chi connectivity index (χ0v) is 17.5. The maximum atomic E-state index is 12.9. The molecule has 0 bridgehead atoms. The van der Waals surface area contributed by atoms with Crippen LogP contribution in [0.3, 0.4) is 0 Å². The lowest BCUT2D eigenvalue weighted by atomic mass is 10.1. The molecule has 0 radical (unpaired) electrons. The van der Waals surface area contributed by atoms with Gasteiger partial charge in [0.15, 0.2) is 0 Å². The van der Waals surface area contributed by atoms with Gasteiger partial charge in [0, 0.05) is 11.3 Å². The molecule has 0 heterocycles. The first-order chi connectivity index (χ1) is 14.7. The highest BCUT2D eigenvalue weighted by Gasteiger charge is 2.16. The fourth-order valence-corrected chi connectivity index (χ4v) is 3.22. The Morgan fingerprint density at radius 3 is 2.06 bits per heavy atom. The van der Waals surface area contributed by atoms with Gasteiger partial charge in [-0.2, -0.15) is 0 Å². The number of hydrogen-bond acceptors (Lipinski definition) is 4. The number of primary sulfonamides is 1. The van der Waals surface area contributed by atoms with Crippen LogP contribution in [0.25, 0.3) is 6.08 Å². The van der Waals surface area contributed by atoms with E-state index in [-0.39, 0.29) is 10.6 Å². The molecule has 0 fully saturated rings. The molecule has 3 aromatic rings. The molecule has 0 aliphatic carbocycles. The normalized spacial score (nSPS) is 11.6. The Labute approximate surface area is 180 Å². The largest absolute Gasteiger partial charge is 0.321 e. The predicted molar refractivity (Wildman–Crippen MR) is 120 cm³/mol. The van der Waals surface area contributed by atoms with E-state index in [0.29, 0.717) is 11.3 Å². The number of sulfonamides is 1. The topological polar surface area (TPSA) is 118 Å². The molecular weight excluding hydrogens is 414 g/mol. The van der Waals surface area contributed by atoms with Crippen molar-refractivity contribution < 1.29 is 18.0 Å². The molecule has 8 heteroatoms. The van der Waals surface area contributed by atoms with Crippen molar-refractivity contribution in [2.24, 2.45) is 5.14 Å². The molecule has 0 aliphatic rings. The van der Waals surface area contributed by atoms with Crippen molar-refractivity contribution in [1.82, 2.24) is 5.32 Å². The van der Waals surface area contributed by atoms with E-state index in [1.54, 1.807) is 30.3 Å². The monoisotopic (exact) mass is 435 g/mol. The lowest BCUT2D eigenvalue weighted by molar-refractivity contribution is -0.113. The van der Waals surface area contributed by atoms with Crippen LogP contribution >= 0.6 is 0 Å². The van der Waals surface area contributed by atoms with Gasteiger partial charge < -0.3 is 10.6 Å². The van der Waals surface area contributed by atoms with Gasteiger partial charge in [0.05, 0.1) is 4.90 Å². The van der Waals surface area contributed by atoms with Crippen molar-refractivity contribution in [1.29, 1.82) is 0 Å². The van der Waals surface area contributed by atoms with Crippen LogP contribution in [0.5, 0.6) is 0 Å². The van der Waals surface area contributed by atoms with Crippen LogP contribution in [0.15, 0.2) is 89.5 Å². The molecule has 0 spiro atoms. The van der Waals surface area contributed by atoms with Gasteiger partial charge in [-0.15, -0.1) is 0 Å². The Kier molecular flexibility index (Phi) is 6.64. The second-order valence-electron chi connectivity index (χ2n) is 6.81. The van der Waals surface area contributed by atoms with Gasteiger partial charge in [-0.1, -0.05) is 48.0 Å². The highest BCUT2D eigenvalue weighted by atomic mass is 32.2. The van der Waals surface area contributed by atoms with Gasteiger partial charge in [-0.25, -0.2) is 13.6 Å². The van der Waals surface area contributed by atoms with Gasteiger partial charge in [0.2, 0.25) is 10.0 Å². The summed E-state index contributed by atoms with van der Waals surface area (Å²) in [7, 11) is -3.84. The Balaban J connectivity index is 1.85. The number of hydrogen-bond donors (Lipinski definition) is 3. The van der Waals surface area contributed by atoms with Crippen LogP contribution in [0, 0.1) is 6.92 Å². The molecule has 2 amide bonds. The van der Waals surface area contributed by atoms with Crippen LogP contribution in [-0.2, 0) is 14.8 Å². The number of amides is 2. The van der Waals surface area contributed by atoms with Crippen LogP contribution in [0.1, 0.15) is 21.5 Å². The van der Waals surface area contributed by atoms with E-state index in [9.17, 15) is 18.0 Å². The maximum absolute atomic E-state index is 12.9. The minimum Gasteiger partial charge on any atom is -0.321 e. The quantitative estimate of drug-likeness (QED) is 0.516. The number of benzene rings is 3. The van der Waals surface area contributed by atoms with E-state index in [4.69, 9.17) is 5.14 Å². The SMILES string of the molecule is Cc1ccc(C(=O)N/C(=C/c2ccccc2)C(=O)Nc2ccc(S(N)(=O)=O)cc2)cc1. The van der Waals surface area contributed by atoms with Crippen molar-refractivity contribution in [2.75, 3.05) is 5.32 Å². The number of carbonyl (C=O) groups is 2. The fourth-order valence-electron chi connectivity index (χ4n) is 2.70. The molecule has 0 aliphatic heterocycles. The van der Waals surface area contributed by atoms with Crippen LogP contribution in [-0.4, -0.2) is 20.2 Å². The van der Waals surface area contributed by atoms with Crippen molar-refractivity contribution in [3.8, 4) is 0 Å². The molecule has 7 nitrogen and oxygen atoms in total. The molecule has 4 N–H and O–H groups in total. The summed E-state index contributed by atoms with van der Waals surface area (Å²) in [6, 6.07) is 21.4. The van der Waals surface area contributed by atoms with E-state index in [0.717, 1.165) is 11.1 Å². The van der Waals surface area contributed by atoms with E-state index in [1.807, 2.05) is 37.3 Å². The van der Waals surface area contributed by atoms with E-state index in [2.05, 4.69) is 10.6 Å². The van der Waals surface area contributed by atoms with Gasteiger partial charge in [0.25, 0.3) is 11.8 Å². The third-order valence-electron chi connectivity index (χ3n) is 4.36. The van der Waals surface area contributed by atoms with Crippen LogP contribution in [0.2, 0.25) is 0 Å². The summed E-state index contributed by atoms with van der Waals surface area (Å²) in [6.45, 7) is 1.91. The standard InChI is InChI=1S/C23H21N3O4S/c1-16-7-9-18(10-8-16)22(27)26-21(15-17-5-3-2-4-6-17)23(28)25-19-11-13-20(14-12-19)31(24,29)30/h2-15H,1H3,(H,25,28)(H,26,27)(H2,24,29,30)/b21-15+. The first kappa shape index (κ1) is 21.9. The molecule has 158 valence electrons. The molecule has 0 unspecified atom stereocenters. The second kappa shape index (κ2) is 9.38. The molecule has 3 rings (SSSR count). The molecular formula is C23H21N3O4S. The average Bonchev–Trinajstić information content (AvgIpc) is 2.74. The summed E-state index contributed by atoms with van der Waals surface area (Å²) in [6.07, 6.45) is 1.56. The summed E-state index contributed by atoms with van der Waals surface area (Å²) in [5.74, 6) is -0.991. The summed E-state index contributed by atoms with van der Waals surface area (Å²) in [4.78, 5) is 25.5. The third kappa shape index (κ3) is 6.11. The van der Waals surface area contributed by atoms with Gasteiger partial charge in [-0.3, -0.25) is 9.59 Å². The van der Waals surface area contributed by atoms with Gasteiger partial charge in [0.1, 0.15) is 5.70 Å². The van der Waals surface area contributed by atoms with Crippen molar-refractivity contribution >= 4 is 33.6 Å². The second-order valence-corrected chi connectivity index (χ2v) is 8.37. The van der Waals surface area contributed by atoms with Crippen molar-refractivity contribution in [3.63, 3.8) is 0 Å². The Bertz CT molecular complexity index is 1220. The van der Waals surface area contributed by atoms with Crippen LogP contribution < -0.4 is 15.8 Å². The molecule has 0 aromatic heterocycles. The van der Waals surface area contributed by atoms with Gasteiger partial charge >= 0.3 is 0 Å². The smallest absolute Gasteiger partial charge is 0.272 e. The summed E-state index contributed by atoms with van der Waals surface area (Å²) in [5, 5.41) is 10.4. The molecule has 3 aromatic carbocycles. The van der Waals surface area contributed by atoms with Crippen molar-refractivity contribution in [3.05, 3.63) is 101 Å².